The first kappa shape index (κ1) is 25.1. The van der Waals surface area contributed by atoms with Crippen molar-refractivity contribution in [2.45, 2.75) is 32.6 Å². The van der Waals surface area contributed by atoms with Crippen LogP contribution in [0.2, 0.25) is 0 Å². The van der Waals surface area contributed by atoms with E-state index < -0.39 is 0 Å². The third-order valence-electron chi connectivity index (χ3n) is 6.43. The van der Waals surface area contributed by atoms with Crippen LogP contribution in [0, 0.1) is 0 Å². The number of carbonyl (C=O) groups excluding carboxylic acids is 3. The van der Waals surface area contributed by atoms with E-state index in [4.69, 9.17) is 0 Å². The Hall–Kier alpha value is -3.04. The number of likely N-dealkylation sites (tertiary alicyclic amines) is 1. The molecule has 8 nitrogen and oxygen atoms in total. The summed E-state index contributed by atoms with van der Waals surface area (Å²) in [7, 11) is 0. The molecule has 0 atom stereocenters. The first-order chi connectivity index (χ1) is 17.0. The van der Waals surface area contributed by atoms with E-state index in [9.17, 15) is 14.4 Å². The molecule has 2 aliphatic rings. The number of thiazole rings is 1. The second kappa shape index (κ2) is 12.1. The fourth-order valence-corrected chi connectivity index (χ4v) is 5.31. The van der Waals surface area contributed by atoms with Crippen LogP contribution in [0.15, 0.2) is 41.8 Å². The summed E-state index contributed by atoms with van der Waals surface area (Å²) in [5.41, 5.74) is 1.40. The molecule has 9 heteroatoms. The zero-order chi connectivity index (χ0) is 24.6. The standard InChI is InChI=1S/C26H33N5O3S/c1-21(32)31(23-9-5-4-6-10-23)26-27-22(20-35-26)11-12-24(33)30-17-15-28(16-18-30)19-25(34)29-13-7-2-3-8-14-29/h4-6,9-12,20H,2-3,7-8,13-19H2,1H3/b12-11+. The number of benzene rings is 1. The van der Waals surface area contributed by atoms with Gasteiger partial charge in [-0.3, -0.25) is 24.2 Å². The molecular formula is C26H33N5O3S. The van der Waals surface area contributed by atoms with Gasteiger partial charge < -0.3 is 9.80 Å². The van der Waals surface area contributed by atoms with Gasteiger partial charge in [-0.1, -0.05) is 31.0 Å². The smallest absolute Gasteiger partial charge is 0.246 e. The van der Waals surface area contributed by atoms with Crippen molar-refractivity contribution in [3.8, 4) is 0 Å². The largest absolute Gasteiger partial charge is 0.342 e. The molecule has 4 rings (SSSR count). The fraction of sp³-hybridized carbons (Fsp3) is 0.462. The Bertz CT molecular complexity index is 1040. The molecule has 0 radical (unpaired) electrons. The van der Waals surface area contributed by atoms with Gasteiger partial charge in [0.05, 0.1) is 17.9 Å². The molecule has 0 N–H and O–H groups in total. The third kappa shape index (κ3) is 6.76. The highest BCUT2D eigenvalue weighted by Gasteiger charge is 2.24. The Morgan fingerprint density at radius 3 is 2.29 bits per heavy atom. The number of rotatable bonds is 6. The molecule has 1 aromatic heterocycles. The maximum atomic E-state index is 12.7. The highest BCUT2D eigenvalue weighted by molar-refractivity contribution is 7.14. The van der Waals surface area contributed by atoms with E-state index in [0.717, 1.165) is 31.6 Å². The van der Waals surface area contributed by atoms with E-state index in [0.29, 0.717) is 43.5 Å². The molecular weight excluding hydrogens is 462 g/mol. The highest BCUT2D eigenvalue weighted by Crippen LogP contribution is 2.29. The van der Waals surface area contributed by atoms with Gasteiger partial charge in [0.2, 0.25) is 17.7 Å². The molecule has 2 aliphatic heterocycles. The summed E-state index contributed by atoms with van der Waals surface area (Å²) in [5.74, 6) is 0.0231. The maximum absolute atomic E-state index is 12.7. The SMILES string of the molecule is CC(=O)N(c1ccccc1)c1nc(/C=C/C(=O)N2CCN(CC(=O)N3CCCCCC3)CC2)cs1. The molecule has 3 amide bonds. The molecule has 0 spiro atoms. The Morgan fingerprint density at radius 1 is 0.943 bits per heavy atom. The molecule has 0 unspecified atom stereocenters. The Balaban J connectivity index is 1.28. The second-order valence-electron chi connectivity index (χ2n) is 8.97. The number of aromatic nitrogens is 1. The van der Waals surface area contributed by atoms with Crippen molar-refractivity contribution >= 4 is 46.0 Å². The monoisotopic (exact) mass is 495 g/mol. The first-order valence-electron chi connectivity index (χ1n) is 12.3. The van der Waals surface area contributed by atoms with E-state index in [1.807, 2.05) is 45.5 Å². The Morgan fingerprint density at radius 2 is 1.63 bits per heavy atom. The number of hydrogen-bond acceptors (Lipinski definition) is 6. The summed E-state index contributed by atoms with van der Waals surface area (Å²) >= 11 is 1.36. The topological polar surface area (TPSA) is 77.1 Å². The predicted octanol–water partition coefficient (Wildman–Crippen LogP) is 3.39. The summed E-state index contributed by atoms with van der Waals surface area (Å²) in [4.78, 5) is 49.6. The molecule has 0 saturated carbocycles. The van der Waals surface area contributed by atoms with Gasteiger partial charge in [-0.05, 0) is 31.1 Å². The van der Waals surface area contributed by atoms with Gasteiger partial charge in [-0.15, -0.1) is 11.3 Å². The van der Waals surface area contributed by atoms with Crippen LogP contribution in [-0.4, -0.2) is 83.2 Å². The number of nitrogens with zero attached hydrogens (tertiary/aromatic N) is 5. The Labute approximate surface area is 210 Å². The van der Waals surface area contributed by atoms with E-state index in [1.165, 1.54) is 37.2 Å². The summed E-state index contributed by atoms with van der Waals surface area (Å²) in [6, 6.07) is 9.38. The predicted molar refractivity (Wildman–Crippen MR) is 138 cm³/mol. The van der Waals surface area contributed by atoms with Crippen LogP contribution in [0.5, 0.6) is 0 Å². The summed E-state index contributed by atoms with van der Waals surface area (Å²) < 4.78 is 0. The Kier molecular flexibility index (Phi) is 8.65. The van der Waals surface area contributed by atoms with Crippen molar-refractivity contribution in [2.75, 3.05) is 50.7 Å². The lowest BCUT2D eigenvalue weighted by Gasteiger charge is -2.34. The lowest BCUT2D eigenvalue weighted by atomic mass is 10.2. The molecule has 3 heterocycles. The van der Waals surface area contributed by atoms with Gasteiger partial charge in [0.15, 0.2) is 5.13 Å². The third-order valence-corrected chi connectivity index (χ3v) is 7.27. The number of hydrogen-bond donors (Lipinski definition) is 0. The van der Waals surface area contributed by atoms with E-state index in [-0.39, 0.29) is 17.7 Å². The van der Waals surface area contributed by atoms with Crippen LogP contribution in [0.4, 0.5) is 10.8 Å². The number of piperazine rings is 1. The molecule has 1 aromatic carbocycles. The molecule has 0 aliphatic carbocycles. The van der Waals surface area contributed by atoms with Crippen LogP contribution < -0.4 is 4.90 Å². The molecule has 186 valence electrons. The molecule has 2 fully saturated rings. The summed E-state index contributed by atoms with van der Waals surface area (Å²) in [5, 5.41) is 2.41. The maximum Gasteiger partial charge on any atom is 0.246 e. The zero-order valence-corrected chi connectivity index (χ0v) is 21.1. The van der Waals surface area contributed by atoms with Crippen LogP contribution in [0.1, 0.15) is 38.3 Å². The lowest BCUT2D eigenvalue weighted by Crippen LogP contribution is -2.51. The van der Waals surface area contributed by atoms with Gasteiger partial charge in [0, 0.05) is 57.6 Å². The molecule has 2 saturated heterocycles. The first-order valence-corrected chi connectivity index (χ1v) is 13.2. The zero-order valence-electron chi connectivity index (χ0n) is 20.3. The van der Waals surface area contributed by atoms with Crippen LogP contribution in [0.3, 0.4) is 0 Å². The van der Waals surface area contributed by atoms with Crippen molar-refractivity contribution in [1.82, 2.24) is 19.7 Å². The van der Waals surface area contributed by atoms with Crippen molar-refractivity contribution in [3.63, 3.8) is 0 Å². The molecule has 35 heavy (non-hydrogen) atoms. The van der Waals surface area contributed by atoms with Gasteiger partial charge in [-0.25, -0.2) is 4.98 Å². The van der Waals surface area contributed by atoms with Crippen molar-refractivity contribution in [2.24, 2.45) is 0 Å². The van der Waals surface area contributed by atoms with E-state index >= 15 is 0 Å². The quantitative estimate of drug-likeness (QED) is 0.574. The number of amides is 3. The minimum absolute atomic E-state index is 0.0653. The van der Waals surface area contributed by atoms with Crippen LogP contribution >= 0.6 is 11.3 Å². The van der Waals surface area contributed by atoms with Crippen molar-refractivity contribution < 1.29 is 14.4 Å². The minimum Gasteiger partial charge on any atom is -0.342 e. The number of anilines is 2. The van der Waals surface area contributed by atoms with Gasteiger partial charge in [0.25, 0.3) is 0 Å². The summed E-state index contributed by atoms with van der Waals surface area (Å²) in [6.45, 7) is 6.29. The van der Waals surface area contributed by atoms with E-state index in [1.54, 1.807) is 11.0 Å². The van der Waals surface area contributed by atoms with Crippen molar-refractivity contribution in [1.29, 1.82) is 0 Å². The normalized spacial score (nSPS) is 17.4. The number of carbonyl (C=O) groups is 3. The second-order valence-corrected chi connectivity index (χ2v) is 9.81. The van der Waals surface area contributed by atoms with Crippen LogP contribution in [0.25, 0.3) is 6.08 Å². The van der Waals surface area contributed by atoms with Crippen LogP contribution in [-0.2, 0) is 14.4 Å². The van der Waals surface area contributed by atoms with Gasteiger partial charge >= 0.3 is 0 Å². The molecule has 2 aromatic rings. The highest BCUT2D eigenvalue weighted by atomic mass is 32.1. The lowest BCUT2D eigenvalue weighted by molar-refractivity contribution is -0.133. The van der Waals surface area contributed by atoms with Gasteiger partial charge in [0.1, 0.15) is 0 Å². The minimum atomic E-state index is -0.121. The average molecular weight is 496 g/mol. The van der Waals surface area contributed by atoms with Crippen molar-refractivity contribution in [3.05, 3.63) is 47.5 Å². The average Bonchev–Trinajstić information content (AvgIpc) is 3.14. The molecule has 0 bridgehead atoms. The fourth-order valence-electron chi connectivity index (χ4n) is 4.46. The number of para-hydroxylation sites is 1. The van der Waals surface area contributed by atoms with E-state index in [2.05, 4.69) is 9.88 Å². The van der Waals surface area contributed by atoms with Gasteiger partial charge in [-0.2, -0.15) is 0 Å². The summed E-state index contributed by atoms with van der Waals surface area (Å²) in [6.07, 6.45) is 7.85.